The van der Waals surface area contributed by atoms with Crippen LogP contribution in [0.25, 0.3) is 0 Å². The van der Waals surface area contributed by atoms with Crippen LogP contribution in [0, 0.1) is 5.92 Å². The Balaban J connectivity index is 0.00000144. The van der Waals surface area contributed by atoms with E-state index in [1.54, 1.807) is 0 Å². The van der Waals surface area contributed by atoms with Crippen molar-refractivity contribution in [1.82, 2.24) is 0 Å². The van der Waals surface area contributed by atoms with Crippen LogP contribution in [-0.4, -0.2) is 11.1 Å². The van der Waals surface area contributed by atoms with Gasteiger partial charge in [-0.05, 0) is 49.3 Å². The van der Waals surface area contributed by atoms with Crippen LogP contribution in [0.4, 0.5) is 0 Å². The van der Waals surface area contributed by atoms with Gasteiger partial charge in [0.2, 0.25) is 0 Å². The minimum absolute atomic E-state index is 0. The van der Waals surface area contributed by atoms with E-state index in [0.717, 1.165) is 30.7 Å². The van der Waals surface area contributed by atoms with E-state index in [1.165, 1.54) is 5.56 Å². The molecule has 1 N–H and O–H groups in total. The lowest BCUT2D eigenvalue weighted by atomic mass is 9.79. The maximum atomic E-state index is 10.8. The van der Waals surface area contributed by atoms with Crippen molar-refractivity contribution in [2.45, 2.75) is 31.6 Å². The summed E-state index contributed by atoms with van der Waals surface area (Å²) in [4.78, 5) is 10.8. The van der Waals surface area contributed by atoms with Crippen LogP contribution in [0.5, 0.6) is 0 Å². The number of hydrogen-bond donors (Lipinski definition) is 1. The summed E-state index contributed by atoms with van der Waals surface area (Å²) in [7, 11) is 0. The van der Waals surface area contributed by atoms with Gasteiger partial charge in [0.05, 0.1) is 5.92 Å². The predicted molar refractivity (Wildman–Crippen MR) is 71.0 cm³/mol. The van der Waals surface area contributed by atoms with Gasteiger partial charge in [-0.25, -0.2) is 0 Å². The fourth-order valence-electron chi connectivity index (χ4n) is 2.41. The van der Waals surface area contributed by atoms with Gasteiger partial charge in [-0.15, -0.1) is 12.4 Å². The van der Waals surface area contributed by atoms with Crippen LogP contribution < -0.4 is 0 Å². The van der Waals surface area contributed by atoms with E-state index in [2.05, 4.69) is 0 Å². The number of carbonyl (C=O) groups is 1. The highest BCUT2D eigenvalue weighted by Gasteiger charge is 2.26. The van der Waals surface area contributed by atoms with Crippen LogP contribution in [0.1, 0.15) is 37.2 Å². The van der Waals surface area contributed by atoms with Gasteiger partial charge in [-0.3, -0.25) is 4.79 Å². The molecule has 0 unspecified atom stereocenters. The summed E-state index contributed by atoms with van der Waals surface area (Å²) < 4.78 is 0. The van der Waals surface area contributed by atoms with E-state index in [0.29, 0.717) is 5.92 Å². The molecule has 0 bridgehead atoms. The van der Waals surface area contributed by atoms with Gasteiger partial charge in [0, 0.05) is 5.02 Å². The normalized spacial score (nSPS) is 23.8. The van der Waals surface area contributed by atoms with Crippen LogP contribution in [0.3, 0.4) is 0 Å². The minimum Gasteiger partial charge on any atom is -0.481 e. The number of hydrogen-bond acceptors (Lipinski definition) is 1. The number of carboxylic acid groups (broad SMARTS) is 1. The third kappa shape index (κ3) is 3.62. The van der Waals surface area contributed by atoms with E-state index in [-0.39, 0.29) is 18.3 Å². The second-order valence-corrected chi connectivity index (χ2v) is 4.87. The topological polar surface area (TPSA) is 37.3 Å². The average molecular weight is 275 g/mol. The maximum absolute atomic E-state index is 10.8. The molecule has 0 aliphatic heterocycles. The second-order valence-electron chi connectivity index (χ2n) is 4.44. The number of carboxylic acids is 1. The first-order valence-corrected chi connectivity index (χ1v) is 6.03. The average Bonchev–Trinajstić information content (AvgIpc) is 2.30. The molecule has 1 aliphatic carbocycles. The molecule has 1 aromatic carbocycles. The molecule has 0 aromatic heterocycles. The molecule has 1 saturated carbocycles. The largest absolute Gasteiger partial charge is 0.481 e. The number of aliphatic carboxylic acids is 1. The molecule has 2 rings (SSSR count). The molecule has 1 aromatic rings. The standard InChI is InChI=1S/C13H15ClO2.ClH/c14-12-7-5-10(6-8-12)9-1-3-11(4-2-9)13(15)16;/h5-9,11H,1-4H2,(H,15,16);1H. The Morgan fingerprint density at radius 3 is 2.12 bits per heavy atom. The first-order valence-electron chi connectivity index (χ1n) is 5.65. The summed E-state index contributed by atoms with van der Waals surface area (Å²) in [6.07, 6.45) is 3.53. The Morgan fingerprint density at radius 1 is 1.12 bits per heavy atom. The first-order chi connectivity index (χ1) is 7.66. The number of rotatable bonds is 2. The van der Waals surface area contributed by atoms with Crippen molar-refractivity contribution in [1.29, 1.82) is 0 Å². The zero-order valence-electron chi connectivity index (χ0n) is 9.43. The highest BCUT2D eigenvalue weighted by atomic mass is 35.5. The summed E-state index contributed by atoms with van der Waals surface area (Å²) in [5, 5.41) is 9.67. The number of benzene rings is 1. The van der Waals surface area contributed by atoms with Crippen molar-refractivity contribution >= 4 is 30.0 Å². The van der Waals surface area contributed by atoms with Gasteiger partial charge in [0.1, 0.15) is 0 Å². The molecular weight excluding hydrogens is 259 g/mol. The molecule has 0 atom stereocenters. The van der Waals surface area contributed by atoms with Gasteiger partial charge in [-0.2, -0.15) is 0 Å². The van der Waals surface area contributed by atoms with Crippen molar-refractivity contribution in [3.8, 4) is 0 Å². The number of halogens is 2. The summed E-state index contributed by atoms with van der Waals surface area (Å²) in [5.74, 6) is -0.272. The van der Waals surface area contributed by atoms with Crippen molar-refractivity contribution in [3.63, 3.8) is 0 Å². The highest BCUT2D eigenvalue weighted by Crippen LogP contribution is 2.36. The Hall–Kier alpha value is -0.730. The molecule has 4 heteroatoms. The fourth-order valence-corrected chi connectivity index (χ4v) is 2.53. The molecule has 0 heterocycles. The Kier molecular flexibility index (Phi) is 5.29. The summed E-state index contributed by atoms with van der Waals surface area (Å²) in [6, 6.07) is 7.91. The predicted octanol–water partition coefficient (Wildman–Crippen LogP) is 4.12. The van der Waals surface area contributed by atoms with E-state index in [1.807, 2.05) is 24.3 Å². The van der Waals surface area contributed by atoms with Gasteiger partial charge < -0.3 is 5.11 Å². The van der Waals surface area contributed by atoms with Gasteiger partial charge >= 0.3 is 5.97 Å². The van der Waals surface area contributed by atoms with Gasteiger partial charge in [0.25, 0.3) is 0 Å². The van der Waals surface area contributed by atoms with Crippen molar-refractivity contribution in [3.05, 3.63) is 34.9 Å². The van der Waals surface area contributed by atoms with Crippen LogP contribution in [0.15, 0.2) is 24.3 Å². The smallest absolute Gasteiger partial charge is 0.306 e. The molecule has 0 saturated heterocycles. The van der Waals surface area contributed by atoms with Gasteiger partial charge in [0.15, 0.2) is 0 Å². The van der Waals surface area contributed by atoms with Crippen LogP contribution >= 0.6 is 24.0 Å². The highest BCUT2D eigenvalue weighted by molar-refractivity contribution is 6.30. The second kappa shape index (κ2) is 6.27. The van der Waals surface area contributed by atoms with E-state index >= 15 is 0 Å². The van der Waals surface area contributed by atoms with Crippen LogP contribution in [0.2, 0.25) is 5.02 Å². The lowest BCUT2D eigenvalue weighted by Crippen LogP contribution is -2.20. The SMILES string of the molecule is Cl.O=C(O)C1CCC(c2ccc(Cl)cc2)CC1. The first kappa shape index (κ1) is 14.3. The molecule has 0 radical (unpaired) electrons. The molecular formula is C13H16Cl2O2. The van der Waals surface area contributed by atoms with Crippen molar-refractivity contribution < 1.29 is 9.90 Å². The lowest BCUT2D eigenvalue weighted by Gasteiger charge is -2.26. The van der Waals surface area contributed by atoms with Crippen molar-refractivity contribution in [2.75, 3.05) is 0 Å². The van der Waals surface area contributed by atoms with E-state index in [4.69, 9.17) is 16.7 Å². The third-order valence-electron chi connectivity index (χ3n) is 3.42. The van der Waals surface area contributed by atoms with Crippen molar-refractivity contribution in [2.24, 2.45) is 5.92 Å². The summed E-state index contributed by atoms with van der Waals surface area (Å²) in [5.41, 5.74) is 1.29. The molecule has 1 fully saturated rings. The molecule has 0 spiro atoms. The molecule has 17 heavy (non-hydrogen) atoms. The third-order valence-corrected chi connectivity index (χ3v) is 3.67. The van der Waals surface area contributed by atoms with Crippen LogP contribution in [-0.2, 0) is 4.79 Å². The van der Waals surface area contributed by atoms with E-state index < -0.39 is 5.97 Å². The zero-order chi connectivity index (χ0) is 11.5. The summed E-state index contributed by atoms with van der Waals surface area (Å²) in [6.45, 7) is 0. The Bertz CT molecular complexity index is 368. The van der Waals surface area contributed by atoms with E-state index in [9.17, 15) is 4.79 Å². The monoisotopic (exact) mass is 274 g/mol. The molecule has 0 amide bonds. The molecule has 1 aliphatic rings. The minimum atomic E-state index is -0.644. The Morgan fingerprint density at radius 2 is 1.65 bits per heavy atom. The Labute approximate surface area is 112 Å². The molecule has 2 nitrogen and oxygen atoms in total. The quantitative estimate of drug-likeness (QED) is 0.881. The zero-order valence-corrected chi connectivity index (χ0v) is 11.0. The lowest BCUT2D eigenvalue weighted by molar-refractivity contribution is -0.142. The fraction of sp³-hybridized carbons (Fsp3) is 0.462. The van der Waals surface area contributed by atoms with Gasteiger partial charge in [-0.1, -0.05) is 23.7 Å². The summed E-state index contributed by atoms with van der Waals surface area (Å²) >= 11 is 5.84. The molecule has 94 valence electrons. The maximum Gasteiger partial charge on any atom is 0.306 e.